The van der Waals surface area contributed by atoms with E-state index in [9.17, 15) is 9.59 Å². The Morgan fingerprint density at radius 1 is 0.826 bits per heavy atom. The van der Waals surface area contributed by atoms with Crippen molar-refractivity contribution < 1.29 is 19.1 Å². The van der Waals surface area contributed by atoms with Crippen LogP contribution in [0.25, 0.3) is 0 Å². The Morgan fingerprint density at radius 2 is 1.50 bits per heavy atom. The molecule has 0 atom stereocenters. The molecule has 0 saturated heterocycles. The van der Waals surface area contributed by atoms with E-state index in [0.717, 1.165) is 75.3 Å². The number of rotatable bonds is 10. The normalized spacial score (nSPS) is 15.1. The molecule has 1 heterocycles. The van der Waals surface area contributed by atoms with Crippen molar-refractivity contribution in [3.63, 3.8) is 0 Å². The third-order valence-corrected chi connectivity index (χ3v) is 9.31. The number of hydrogen-bond acceptors (Lipinski definition) is 5. The Balaban J connectivity index is 1.12. The zero-order valence-electron chi connectivity index (χ0n) is 26.8. The second-order valence-electron chi connectivity index (χ2n) is 12.3. The maximum Gasteiger partial charge on any atom is 0.258 e. The number of para-hydroxylation sites is 1. The third-order valence-electron chi connectivity index (χ3n) is 9.31. The summed E-state index contributed by atoms with van der Waals surface area (Å²) in [6, 6.07) is 29.2. The molecule has 0 spiro atoms. The van der Waals surface area contributed by atoms with Crippen molar-refractivity contribution in [3.8, 4) is 11.5 Å². The minimum Gasteiger partial charge on any atom is -0.493 e. The SMILES string of the molecule is COc1cc2c(cc1OC)CN(CCc1ccc(NC(=O)c3ccccc3N(C(=O)c3ccccc3)C3CCCCC3)cc1)CC2. The van der Waals surface area contributed by atoms with Crippen molar-refractivity contribution in [3.05, 3.63) is 119 Å². The number of carbonyl (C=O) groups excluding carboxylic acids is 2. The van der Waals surface area contributed by atoms with Gasteiger partial charge in [0.2, 0.25) is 0 Å². The number of fused-ring (bicyclic) bond motifs is 1. The molecule has 0 bridgehead atoms. The minimum absolute atomic E-state index is 0.0619. The van der Waals surface area contributed by atoms with Crippen LogP contribution in [0.3, 0.4) is 0 Å². The van der Waals surface area contributed by atoms with E-state index in [-0.39, 0.29) is 17.9 Å². The molecule has 1 aliphatic heterocycles. The molecule has 0 aromatic heterocycles. The van der Waals surface area contributed by atoms with Gasteiger partial charge in [0.05, 0.1) is 25.5 Å². The zero-order chi connectivity index (χ0) is 31.9. The number of nitrogens with one attached hydrogen (secondary N) is 1. The van der Waals surface area contributed by atoms with E-state index in [2.05, 4.69) is 34.5 Å². The predicted molar refractivity (Wildman–Crippen MR) is 183 cm³/mol. The Bertz CT molecular complexity index is 1650. The fourth-order valence-corrected chi connectivity index (χ4v) is 6.78. The monoisotopic (exact) mass is 617 g/mol. The molecule has 7 heteroatoms. The van der Waals surface area contributed by atoms with Crippen molar-refractivity contribution in [2.75, 3.05) is 37.5 Å². The summed E-state index contributed by atoms with van der Waals surface area (Å²) >= 11 is 0. The Hall–Kier alpha value is -4.62. The minimum atomic E-state index is -0.218. The summed E-state index contributed by atoms with van der Waals surface area (Å²) in [5.74, 6) is 1.28. The number of hydrogen-bond donors (Lipinski definition) is 1. The van der Waals surface area contributed by atoms with Gasteiger partial charge < -0.3 is 19.7 Å². The first-order valence-electron chi connectivity index (χ1n) is 16.4. The first kappa shape index (κ1) is 31.4. The molecule has 1 aliphatic carbocycles. The molecule has 4 aromatic rings. The summed E-state index contributed by atoms with van der Waals surface area (Å²) in [6.07, 6.45) is 7.11. The molecule has 2 amide bonds. The lowest BCUT2D eigenvalue weighted by molar-refractivity contribution is 0.0970. The van der Waals surface area contributed by atoms with E-state index in [1.54, 1.807) is 14.2 Å². The summed E-state index contributed by atoms with van der Waals surface area (Å²) in [4.78, 5) is 31.9. The fraction of sp³-hybridized carbons (Fsp3) is 0.333. The van der Waals surface area contributed by atoms with Gasteiger partial charge in [-0.05, 0) is 90.9 Å². The van der Waals surface area contributed by atoms with Gasteiger partial charge in [0.1, 0.15) is 0 Å². The highest BCUT2D eigenvalue weighted by Gasteiger charge is 2.30. The molecule has 6 rings (SSSR count). The number of amides is 2. The highest BCUT2D eigenvalue weighted by atomic mass is 16.5. The van der Waals surface area contributed by atoms with Gasteiger partial charge in [-0.2, -0.15) is 0 Å². The molecule has 1 saturated carbocycles. The summed E-state index contributed by atoms with van der Waals surface area (Å²) in [5.41, 5.74) is 6.35. The lowest BCUT2D eigenvalue weighted by Crippen LogP contribution is -2.42. The van der Waals surface area contributed by atoms with E-state index in [4.69, 9.17) is 9.47 Å². The van der Waals surface area contributed by atoms with Crippen molar-refractivity contribution in [1.29, 1.82) is 0 Å². The highest BCUT2D eigenvalue weighted by Crippen LogP contribution is 2.34. The van der Waals surface area contributed by atoms with Crippen molar-refractivity contribution in [2.24, 2.45) is 0 Å². The summed E-state index contributed by atoms with van der Waals surface area (Å²) in [7, 11) is 3.35. The van der Waals surface area contributed by atoms with E-state index in [0.29, 0.717) is 16.8 Å². The molecule has 2 aliphatic rings. The lowest BCUT2D eigenvalue weighted by atomic mass is 9.92. The van der Waals surface area contributed by atoms with Gasteiger partial charge in [-0.1, -0.05) is 61.7 Å². The van der Waals surface area contributed by atoms with Crippen LogP contribution in [0.1, 0.15) is 69.5 Å². The maximum absolute atomic E-state index is 13.9. The van der Waals surface area contributed by atoms with Gasteiger partial charge in [-0.15, -0.1) is 0 Å². The Labute approximate surface area is 272 Å². The molecule has 1 fully saturated rings. The van der Waals surface area contributed by atoms with Gasteiger partial charge in [-0.25, -0.2) is 0 Å². The first-order valence-corrected chi connectivity index (χ1v) is 16.4. The second-order valence-corrected chi connectivity index (χ2v) is 12.3. The molecule has 0 unspecified atom stereocenters. The van der Waals surface area contributed by atoms with Crippen LogP contribution in [0.5, 0.6) is 11.5 Å². The first-order chi connectivity index (χ1) is 22.5. The summed E-state index contributed by atoms with van der Waals surface area (Å²) in [5, 5.41) is 3.09. The van der Waals surface area contributed by atoms with E-state index < -0.39 is 0 Å². The van der Waals surface area contributed by atoms with E-state index in [1.807, 2.05) is 71.6 Å². The van der Waals surface area contributed by atoms with Crippen LogP contribution >= 0.6 is 0 Å². The number of benzene rings is 4. The number of nitrogens with zero attached hydrogens (tertiary/aromatic N) is 2. The van der Waals surface area contributed by atoms with Crippen LogP contribution in [0, 0.1) is 0 Å². The molecule has 7 nitrogen and oxygen atoms in total. The van der Waals surface area contributed by atoms with Crippen molar-refractivity contribution >= 4 is 23.2 Å². The van der Waals surface area contributed by atoms with Crippen LogP contribution in [0.2, 0.25) is 0 Å². The zero-order valence-corrected chi connectivity index (χ0v) is 26.8. The van der Waals surface area contributed by atoms with Gasteiger partial charge in [0.15, 0.2) is 11.5 Å². The molecule has 46 heavy (non-hydrogen) atoms. The lowest BCUT2D eigenvalue weighted by Gasteiger charge is -2.35. The largest absolute Gasteiger partial charge is 0.493 e. The summed E-state index contributed by atoms with van der Waals surface area (Å²) < 4.78 is 11.0. The van der Waals surface area contributed by atoms with Crippen LogP contribution in [0.4, 0.5) is 11.4 Å². The topological polar surface area (TPSA) is 71.1 Å². The second kappa shape index (κ2) is 14.6. The molecule has 238 valence electrons. The van der Waals surface area contributed by atoms with Crippen LogP contribution in [-0.4, -0.2) is 50.1 Å². The van der Waals surface area contributed by atoms with Crippen LogP contribution in [-0.2, 0) is 19.4 Å². The van der Waals surface area contributed by atoms with Gasteiger partial charge in [0.25, 0.3) is 11.8 Å². The molecular weight excluding hydrogens is 574 g/mol. The Morgan fingerprint density at radius 3 is 2.22 bits per heavy atom. The van der Waals surface area contributed by atoms with Gasteiger partial charge in [-0.3, -0.25) is 14.5 Å². The average Bonchev–Trinajstić information content (AvgIpc) is 3.11. The summed E-state index contributed by atoms with van der Waals surface area (Å²) in [6.45, 7) is 2.83. The predicted octanol–water partition coefficient (Wildman–Crippen LogP) is 7.54. The number of anilines is 2. The van der Waals surface area contributed by atoms with E-state index >= 15 is 0 Å². The quantitative estimate of drug-likeness (QED) is 0.199. The Kier molecular flexibility index (Phi) is 9.99. The average molecular weight is 618 g/mol. The molecule has 1 N–H and O–H groups in total. The van der Waals surface area contributed by atoms with Crippen LogP contribution in [0.15, 0.2) is 91.0 Å². The number of ether oxygens (including phenoxy) is 2. The van der Waals surface area contributed by atoms with Crippen molar-refractivity contribution in [1.82, 2.24) is 4.90 Å². The molecule has 0 radical (unpaired) electrons. The third kappa shape index (κ3) is 7.10. The smallest absolute Gasteiger partial charge is 0.258 e. The standard InChI is InChI=1S/C39H43N3O4/c1-45-36-25-30-22-24-41(27-31(30)26-37(36)46-2)23-21-28-17-19-32(20-18-28)40-38(43)34-15-9-10-16-35(34)42(33-13-7-4-8-14-33)39(44)29-11-5-3-6-12-29/h3,5-6,9-12,15-20,25-26,33H,4,7-8,13-14,21-24,27H2,1-2H3,(H,40,43). The maximum atomic E-state index is 13.9. The van der Waals surface area contributed by atoms with Crippen LogP contribution < -0.4 is 19.7 Å². The fourth-order valence-electron chi connectivity index (χ4n) is 6.78. The molecular formula is C39H43N3O4. The number of methoxy groups -OCH3 is 2. The van der Waals surface area contributed by atoms with Gasteiger partial charge >= 0.3 is 0 Å². The van der Waals surface area contributed by atoms with E-state index in [1.165, 1.54) is 23.1 Å². The van der Waals surface area contributed by atoms with Crippen molar-refractivity contribution in [2.45, 2.75) is 57.5 Å². The number of carbonyl (C=O) groups is 2. The highest BCUT2D eigenvalue weighted by molar-refractivity contribution is 6.13. The van der Waals surface area contributed by atoms with Gasteiger partial charge in [0, 0.05) is 36.9 Å². The molecule has 4 aromatic carbocycles.